The van der Waals surface area contributed by atoms with Gasteiger partial charge in [-0.3, -0.25) is 0 Å². The molecule has 0 aromatic carbocycles. The zero-order valence-electron chi connectivity index (χ0n) is 9.18. The molecule has 1 aliphatic rings. The predicted octanol–water partition coefficient (Wildman–Crippen LogP) is 1.72. The van der Waals surface area contributed by atoms with E-state index in [1.165, 1.54) is 38.8 Å². The van der Waals surface area contributed by atoms with E-state index in [2.05, 4.69) is 24.2 Å². The molecule has 0 radical (unpaired) electrons. The second-order valence-electron chi connectivity index (χ2n) is 4.24. The van der Waals surface area contributed by atoms with Crippen molar-refractivity contribution in [1.29, 1.82) is 0 Å². The molecule has 1 saturated carbocycles. The third-order valence-corrected chi connectivity index (χ3v) is 3.06. The summed E-state index contributed by atoms with van der Waals surface area (Å²) >= 11 is 0. The van der Waals surface area contributed by atoms with Gasteiger partial charge in [0.1, 0.15) is 0 Å². The van der Waals surface area contributed by atoms with Crippen molar-refractivity contribution in [3.05, 3.63) is 0 Å². The van der Waals surface area contributed by atoms with Gasteiger partial charge in [-0.25, -0.2) is 0 Å². The molecule has 0 aromatic rings. The minimum Gasteiger partial charge on any atom is -0.316 e. The lowest BCUT2D eigenvalue weighted by atomic mass is 9.83. The van der Waals surface area contributed by atoms with Gasteiger partial charge < -0.3 is 10.2 Å². The van der Waals surface area contributed by atoms with Gasteiger partial charge in [0.15, 0.2) is 0 Å². The molecule has 0 saturated heterocycles. The first-order valence-electron chi connectivity index (χ1n) is 5.72. The molecular weight excluding hydrogens is 160 g/mol. The van der Waals surface area contributed by atoms with Crippen LogP contribution in [0.15, 0.2) is 0 Å². The summed E-state index contributed by atoms with van der Waals surface area (Å²) in [6.45, 7) is 6.87. The molecule has 2 heteroatoms. The number of hydrogen-bond acceptors (Lipinski definition) is 2. The number of rotatable bonds is 7. The molecule has 78 valence electrons. The van der Waals surface area contributed by atoms with Gasteiger partial charge >= 0.3 is 0 Å². The maximum atomic E-state index is 3.35. The van der Waals surface area contributed by atoms with Crippen LogP contribution in [0.2, 0.25) is 0 Å². The summed E-state index contributed by atoms with van der Waals surface area (Å²) in [7, 11) is 2.23. The fourth-order valence-corrected chi connectivity index (χ4v) is 1.74. The molecule has 0 unspecified atom stereocenters. The van der Waals surface area contributed by atoms with Gasteiger partial charge in [-0.15, -0.1) is 0 Å². The van der Waals surface area contributed by atoms with Gasteiger partial charge in [-0.2, -0.15) is 0 Å². The lowest BCUT2D eigenvalue weighted by molar-refractivity contribution is 0.239. The Bertz CT molecular complexity index is 121. The Hall–Kier alpha value is -0.0800. The minimum absolute atomic E-state index is 1.06. The van der Waals surface area contributed by atoms with Crippen molar-refractivity contribution in [2.24, 2.45) is 5.92 Å². The van der Waals surface area contributed by atoms with Gasteiger partial charge in [0.25, 0.3) is 0 Å². The molecule has 0 aromatic heterocycles. The molecule has 1 N–H and O–H groups in total. The van der Waals surface area contributed by atoms with Crippen molar-refractivity contribution in [2.75, 3.05) is 33.2 Å². The maximum absolute atomic E-state index is 3.35. The Kier molecular flexibility index (Phi) is 5.40. The van der Waals surface area contributed by atoms with Crippen molar-refractivity contribution in [2.45, 2.75) is 32.6 Å². The van der Waals surface area contributed by atoms with Gasteiger partial charge in [0, 0.05) is 13.1 Å². The van der Waals surface area contributed by atoms with E-state index in [1.807, 2.05) is 0 Å². The van der Waals surface area contributed by atoms with Crippen LogP contribution in [0.3, 0.4) is 0 Å². The van der Waals surface area contributed by atoms with Crippen molar-refractivity contribution >= 4 is 0 Å². The fourth-order valence-electron chi connectivity index (χ4n) is 1.74. The van der Waals surface area contributed by atoms with Gasteiger partial charge in [0.2, 0.25) is 0 Å². The summed E-state index contributed by atoms with van der Waals surface area (Å²) in [6, 6.07) is 0. The summed E-state index contributed by atoms with van der Waals surface area (Å²) in [5, 5.41) is 3.35. The van der Waals surface area contributed by atoms with Crippen molar-refractivity contribution in [1.82, 2.24) is 10.2 Å². The van der Waals surface area contributed by atoms with Crippen LogP contribution in [0.5, 0.6) is 0 Å². The summed E-state index contributed by atoms with van der Waals surface area (Å²) in [4.78, 5) is 2.45. The molecule has 1 aliphatic carbocycles. The van der Waals surface area contributed by atoms with Gasteiger partial charge in [-0.05, 0) is 32.5 Å². The molecular formula is C11H24N2. The molecule has 0 spiro atoms. The van der Waals surface area contributed by atoms with Crippen LogP contribution in [-0.4, -0.2) is 38.1 Å². The summed E-state index contributed by atoms with van der Waals surface area (Å²) in [5.41, 5.74) is 0. The molecule has 2 nitrogen and oxygen atoms in total. The van der Waals surface area contributed by atoms with Crippen LogP contribution in [0.1, 0.15) is 32.6 Å². The molecule has 0 amide bonds. The number of likely N-dealkylation sites (N-methyl/N-ethyl adjacent to an activating group) is 2. The van der Waals surface area contributed by atoms with E-state index in [4.69, 9.17) is 0 Å². The van der Waals surface area contributed by atoms with Crippen LogP contribution >= 0.6 is 0 Å². The largest absolute Gasteiger partial charge is 0.316 e. The van der Waals surface area contributed by atoms with Gasteiger partial charge in [-0.1, -0.05) is 26.2 Å². The van der Waals surface area contributed by atoms with Crippen molar-refractivity contribution in [3.8, 4) is 0 Å². The number of nitrogens with one attached hydrogen (secondary N) is 1. The molecule has 13 heavy (non-hydrogen) atoms. The number of hydrogen-bond donors (Lipinski definition) is 1. The van der Waals surface area contributed by atoms with E-state index in [0.717, 1.165) is 19.0 Å². The standard InChI is InChI=1S/C11H24N2/c1-3-12-8-10-13(2)9-7-11-5-4-6-11/h11-12H,3-10H2,1-2H3. The molecule has 1 rings (SSSR count). The molecule has 0 atom stereocenters. The van der Waals surface area contributed by atoms with E-state index in [0.29, 0.717) is 0 Å². The Morgan fingerprint density at radius 1 is 1.31 bits per heavy atom. The van der Waals surface area contributed by atoms with E-state index >= 15 is 0 Å². The van der Waals surface area contributed by atoms with Gasteiger partial charge in [0.05, 0.1) is 0 Å². The Labute approximate surface area is 82.7 Å². The Morgan fingerprint density at radius 2 is 2.08 bits per heavy atom. The smallest absolute Gasteiger partial charge is 0.0104 e. The number of nitrogens with zero attached hydrogens (tertiary/aromatic N) is 1. The van der Waals surface area contributed by atoms with E-state index in [-0.39, 0.29) is 0 Å². The van der Waals surface area contributed by atoms with Crippen molar-refractivity contribution in [3.63, 3.8) is 0 Å². The second-order valence-corrected chi connectivity index (χ2v) is 4.24. The average molecular weight is 184 g/mol. The fraction of sp³-hybridized carbons (Fsp3) is 1.00. The highest BCUT2D eigenvalue weighted by molar-refractivity contribution is 4.70. The third kappa shape index (κ3) is 4.63. The monoisotopic (exact) mass is 184 g/mol. The molecule has 0 aliphatic heterocycles. The summed E-state index contributed by atoms with van der Waals surface area (Å²) in [5.74, 6) is 1.06. The quantitative estimate of drug-likeness (QED) is 0.606. The van der Waals surface area contributed by atoms with E-state index in [1.54, 1.807) is 0 Å². The van der Waals surface area contributed by atoms with Crippen LogP contribution in [0.25, 0.3) is 0 Å². The zero-order chi connectivity index (χ0) is 9.52. The molecule has 0 heterocycles. The topological polar surface area (TPSA) is 15.3 Å². The lowest BCUT2D eigenvalue weighted by Crippen LogP contribution is -2.31. The molecule has 1 fully saturated rings. The zero-order valence-corrected chi connectivity index (χ0v) is 9.18. The minimum atomic E-state index is 1.06. The Morgan fingerprint density at radius 3 is 2.62 bits per heavy atom. The molecule has 0 bridgehead atoms. The summed E-state index contributed by atoms with van der Waals surface area (Å²) in [6.07, 6.45) is 5.87. The van der Waals surface area contributed by atoms with Crippen LogP contribution in [0.4, 0.5) is 0 Å². The first kappa shape index (κ1) is 11.0. The lowest BCUT2D eigenvalue weighted by Gasteiger charge is -2.27. The van der Waals surface area contributed by atoms with Crippen LogP contribution < -0.4 is 5.32 Å². The highest BCUT2D eigenvalue weighted by Crippen LogP contribution is 2.29. The SMILES string of the molecule is CCNCCN(C)CCC1CCC1. The first-order valence-corrected chi connectivity index (χ1v) is 5.72. The van der Waals surface area contributed by atoms with Crippen LogP contribution in [-0.2, 0) is 0 Å². The van der Waals surface area contributed by atoms with Crippen molar-refractivity contribution < 1.29 is 0 Å². The summed E-state index contributed by atoms with van der Waals surface area (Å²) < 4.78 is 0. The third-order valence-electron chi connectivity index (χ3n) is 3.06. The second kappa shape index (κ2) is 6.39. The Balaban J connectivity index is 1.87. The van der Waals surface area contributed by atoms with Crippen LogP contribution in [0, 0.1) is 5.92 Å². The van der Waals surface area contributed by atoms with E-state index in [9.17, 15) is 0 Å². The normalized spacial score (nSPS) is 17.8. The average Bonchev–Trinajstić information content (AvgIpc) is 2.02. The highest BCUT2D eigenvalue weighted by Gasteiger charge is 2.16. The van der Waals surface area contributed by atoms with E-state index < -0.39 is 0 Å². The highest BCUT2D eigenvalue weighted by atomic mass is 15.1. The maximum Gasteiger partial charge on any atom is 0.0104 e. The predicted molar refractivity (Wildman–Crippen MR) is 58.0 cm³/mol. The first-order chi connectivity index (χ1) is 6.33.